The van der Waals surface area contributed by atoms with Crippen molar-refractivity contribution in [3.63, 3.8) is 0 Å². The minimum absolute atomic E-state index is 0.415. The van der Waals surface area contributed by atoms with Crippen LogP contribution in [-0.4, -0.2) is 22.6 Å². The second kappa shape index (κ2) is 4.53. The molecule has 0 spiro atoms. The number of rotatable bonds is 3. The molecule has 0 heterocycles. The van der Waals surface area contributed by atoms with E-state index in [2.05, 4.69) is 8.92 Å². The lowest BCUT2D eigenvalue weighted by atomic mass is 10.2. The molecule has 0 aliphatic carbocycles. The molecule has 0 fully saturated rings. The van der Waals surface area contributed by atoms with Crippen LogP contribution in [0, 0.1) is 0 Å². The summed E-state index contributed by atoms with van der Waals surface area (Å²) in [5.74, 6) is -0.415. The maximum atomic E-state index is 12.7. The Labute approximate surface area is 96.1 Å². The number of ether oxygens (including phenoxy) is 1. The van der Waals surface area contributed by atoms with E-state index in [1.165, 1.54) is 0 Å². The van der Waals surface area contributed by atoms with Crippen molar-refractivity contribution in [3.05, 3.63) is 23.8 Å². The van der Waals surface area contributed by atoms with Gasteiger partial charge in [-0.25, -0.2) is 0 Å². The van der Waals surface area contributed by atoms with Crippen molar-refractivity contribution in [3.8, 4) is 5.75 Å². The lowest BCUT2D eigenvalue weighted by molar-refractivity contribution is -0.140. The summed E-state index contributed by atoms with van der Waals surface area (Å²) < 4.78 is 69.6. The summed E-state index contributed by atoms with van der Waals surface area (Å²) in [6.45, 7) is 0. The van der Waals surface area contributed by atoms with Gasteiger partial charge in [-0.05, 0) is 12.1 Å². The summed E-state index contributed by atoms with van der Waals surface area (Å²) >= 11 is 0. The summed E-state index contributed by atoms with van der Waals surface area (Å²) in [6.07, 6.45) is -4.81. The molecular formula is C9H9F3O4S. The van der Waals surface area contributed by atoms with Crippen LogP contribution in [0.3, 0.4) is 0 Å². The molecule has 4 nitrogen and oxygen atoms in total. The first-order valence-electron chi connectivity index (χ1n) is 4.29. The molecule has 0 aliphatic heterocycles. The van der Waals surface area contributed by atoms with Gasteiger partial charge in [0.25, 0.3) is 0 Å². The van der Waals surface area contributed by atoms with Gasteiger partial charge in [0.15, 0.2) is 0 Å². The third-order valence-electron chi connectivity index (χ3n) is 1.97. The Kier molecular flexibility index (Phi) is 3.68. The normalized spacial score (nSPS) is 12.5. The second-order valence-electron chi connectivity index (χ2n) is 2.96. The molecule has 0 saturated heterocycles. The lowest BCUT2D eigenvalue weighted by Crippen LogP contribution is -2.15. The van der Waals surface area contributed by atoms with E-state index in [0.717, 1.165) is 26.4 Å². The molecule has 17 heavy (non-hydrogen) atoms. The molecule has 0 amide bonds. The van der Waals surface area contributed by atoms with Crippen LogP contribution in [0.15, 0.2) is 23.1 Å². The minimum atomic E-state index is -4.81. The molecule has 0 unspecified atom stereocenters. The zero-order valence-electron chi connectivity index (χ0n) is 8.91. The van der Waals surface area contributed by atoms with Crippen LogP contribution in [0.25, 0.3) is 0 Å². The average molecular weight is 270 g/mol. The molecule has 0 aromatic heterocycles. The molecule has 1 aromatic carbocycles. The highest BCUT2D eigenvalue weighted by Gasteiger charge is 2.39. The standard InChI is InChI=1S/C9H9F3O4S/c1-15-7-5-3-4-6(9(10,11)12)8(7)17(13,14)16-2/h3-5H,1-2H3. The Morgan fingerprint density at radius 3 is 2.18 bits per heavy atom. The Bertz CT molecular complexity index is 507. The first kappa shape index (κ1) is 13.8. The van der Waals surface area contributed by atoms with Gasteiger partial charge in [0.05, 0.1) is 19.8 Å². The molecule has 0 aliphatic rings. The maximum Gasteiger partial charge on any atom is 0.417 e. The monoisotopic (exact) mass is 270 g/mol. The smallest absolute Gasteiger partial charge is 0.417 e. The summed E-state index contributed by atoms with van der Waals surface area (Å²) in [5.41, 5.74) is -1.32. The van der Waals surface area contributed by atoms with Crippen molar-refractivity contribution in [2.24, 2.45) is 0 Å². The van der Waals surface area contributed by atoms with Crippen molar-refractivity contribution in [2.45, 2.75) is 11.1 Å². The quantitative estimate of drug-likeness (QED) is 0.789. The first-order valence-corrected chi connectivity index (χ1v) is 5.69. The second-order valence-corrected chi connectivity index (χ2v) is 4.61. The highest BCUT2D eigenvalue weighted by atomic mass is 32.2. The van der Waals surface area contributed by atoms with Gasteiger partial charge >= 0.3 is 16.3 Å². The molecule has 0 radical (unpaired) electrons. The summed E-state index contributed by atoms with van der Waals surface area (Å²) in [6, 6.07) is 2.81. The lowest BCUT2D eigenvalue weighted by Gasteiger charge is -2.14. The van der Waals surface area contributed by atoms with Crippen LogP contribution in [0.4, 0.5) is 13.2 Å². The molecule has 0 atom stereocenters. The van der Waals surface area contributed by atoms with Crippen molar-refractivity contribution in [1.82, 2.24) is 0 Å². The minimum Gasteiger partial charge on any atom is -0.495 e. The number of alkyl halides is 3. The van der Waals surface area contributed by atoms with E-state index in [1.54, 1.807) is 0 Å². The van der Waals surface area contributed by atoms with Crippen molar-refractivity contribution in [1.29, 1.82) is 0 Å². The fourth-order valence-electron chi connectivity index (χ4n) is 1.24. The Morgan fingerprint density at radius 2 is 1.76 bits per heavy atom. The SMILES string of the molecule is COc1cccc(C(F)(F)F)c1S(=O)(=O)OC. The van der Waals surface area contributed by atoms with Crippen molar-refractivity contribution < 1.29 is 30.5 Å². The van der Waals surface area contributed by atoms with E-state index in [9.17, 15) is 21.6 Å². The number of methoxy groups -OCH3 is 1. The molecule has 96 valence electrons. The van der Waals surface area contributed by atoms with Crippen molar-refractivity contribution in [2.75, 3.05) is 14.2 Å². The maximum absolute atomic E-state index is 12.7. The number of benzene rings is 1. The summed E-state index contributed by atoms with van der Waals surface area (Å²) in [7, 11) is -2.65. The number of hydrogen-bond donors (Lipinski definition) is 0. The van der Waals surface area contributed by atoms with E-state index in [0.29, 0.717) is 6.07 Å². The highest BCUT2D eigenvalue weighted by Crippen LogP contribution is 2.39. The van der Waals surface area contributed by atoms with Gasteiger partial charge in [0.2, 0.25) is 0 Å². The van der Waals surface area contributed by atoms with E-state index in [4.69, 9.17) is 0 Å². The molecule has 0 saturated carbocycles. The average Bonchev–Trinajstić information content (AvgIpc) is 2.26. The Balaban J connectivity index is 3.65. The van der Waals surface area contributed by atoms with Gasteiger partial charge < -0.3 is 4.74 Å². The zero-order chi connectivity index (χ0) is 13.3. The van der Waals surface area contributed by atoms with Crippen LogP contribution in [-0.2, 0) is 20.5 Å². The molecule has 0 bridgehead atoms. The van der Waals surface area contributed by atoms with Gasteiger partial charge in [0.1, 0.15) is 10.6 Å². The highest BCUT2D eigenvalue weighted by molar-refractivity contribution is 7.87. The molecular weight excluding hydrogens is 261 g/mol. The van der Waals surface area contributed by atoms with Gasteiger partial charge in [-0.2, -0.15) is 21.6 Å². The predicted molar refractivity (Wildman–Crippen MR) is 52.2 cm³/mol. The molecule has 1 rings (SSSR count). The first-order chi connectivity index (χ1) is 7.74. The van der Waals surface area contributed by atoms with Gasteiger partial charge in [-0.3, -0.25) is 4.18 Å². The van der Waals surface area contributed by atoms with Crippen LogP contribution >= 0.6 is 0 Å². The molecule has 0 N–H and O–H groups in total. The summed E-state index contributed by atoms with van der Waals surface area (Å²) in [4.78, 5) is -1.02. The largest absolute Gasteiger partial charge is 0.495 e. The van der Waals surface area contributed by atoms with E-state index < -0.39 is 32.5 Å². The van der Waals surface area contributed by atoms with Crippen LogP contribution in [0.2, 0.25) is 0 Å². The van der Waals surface area contributed by atoms with Gasteiger partial charge in [0, 0.05) is 0 Å². The fourth-order valence-corrected chi connectivity index (χ4v) is 2.26. The Morgan fingerprint density at radius 1 is 1.18 bits per heavy atom. The predicted octanol–water partition coefficient (Wildman–Crippen LogP) is 2.05. The molecule has 8 heteroatoms. The van der Waals surface area contributed by atoms with Crippen LogP contribution in [0.1, 0.15) is 5.56 Å². The third kappa shape index (κ3) is 2.70. The fraction of sp³-hybridized carbons (Fsp3) is 0.333. The topological polar surface area (TPSA) is 52.6 Å². The van der Waals surface area contributed by atoms with Crippen molar-refractivity contribution >= 4 is 10.1 Å². The van der Waals surface area contributed by atoms with E-state index in [-0.39, 0.29) is 0 Å². The third-order valence-corrected chi connectivity index (χ3v) is 3.33. The van der Waals surface area contributed by atoms with Crippen LogP contribution in [0.5, 0.6) is 5.75 Å². The Hall–Kier alpha value is -1.28. The summed E-state index contributed by atoms with van der Waals surface area (Å²) in [5, 5.41) is 0. The van der Waals surface area contributed by atoms with Gasteiger partial charge in [-0.1, -0.05) is 6.07 Å². The molecule has 1 aromatic rings. The number of halogens is 3. The number of hydrogen-bond acceptors (Lipinski definition) is 4. The zero-order valence-corrected chi connectivity index (χ0v) is 9.72. The van der Waals surface area contributed by atoms with E-state index >= 15 is 0 Å². The van der Waals surface area contributed by atoms with Crippen LogP contribution < -0.4 is 4.74 Å². The van der Waals surface area contributed by atoms with E-state index in [1.807, 2.05) is 0 Å². The van der Waals surface area contributed by atoms with Gasteiger partial charge in [-0.15, -0.1) is 0 Å².